The molecule has 0 spiro atoms. The number of esters is 1. The smallest absolute Gasteiger partial charge is 0.464 e. The Kier molecular flexibility index (Phi) is 6.50. The fourth-order valence-electron chi connectivity index (χ4n) is 0.997. The second-order valence-electron chi connectivity index (χ2n) is 3.65. The fourth-order valence-corrected chi connectivity index (χ4v) is 2.52. The van der Waals surface area contributed by atoms with Crippen molar-refractivity contribution in [3.63, 3.8) is 0 Å². The van der Waals surface area contributed by atoms with E-state index in [-0.39, 0.29) is 6.61 Å². The third-order valence-corrected chi connectivity index (χ3v) is 4.90. The average molecular weight is 271 g/mol. The molecular weight excluding hydrogens is 252 g/mol. The van der Waals surface area contributed by atoms with Gasteiger partial charge in [-0.15, -0.1) is 11.6 Å². The number of ether oxygens (including phenoxy) is 1. The van der Waals surface area contributed by atoms with E-state index in [0.717, 1.165) is 0 Å². The van der Waals surface area contributed by atoms with Crippen molar-refractivity contribution in [2.24, 2.45) is 0 Å². The first-order valence-electron chi connectivity index (χ1n) is 4.83. The molecule has 0 aromatic carbocycles. The van der Waals surface area contributed by atoms with Crippen LogP contribution in [0.4, 0.5) is 0 Å². The molecule has 16 heavy (non-hydrogen) atoms. The first-order chi connectivity index (χ1) is 7.31. The molecule has 0 aliphatic carbocycles. The molecule has 0 fully saturated rings. The molecule has 0 aromatic heterocycles. The Balaban J connectivity index is 4.11. The van der Waals surface area contributed by atoms with Crippen LogP contribution in [-0.4, -0.2) is 47.6 Å². The molecule has 0 N–H and O–H groups in total. The van der Waals surface area contributed by atoms with Gasteiger partial charge in [0.2, 0.25) is 0 Å². The SMILES string of the molecule is CO[Si](CCOC(=O)C(C)(C)Cl)(OC)OC. The third kappa shape index (κ3) is 4.79. The Labute approximate surface area is 102 Å². The molecule has 0 rings (SSSR count). The van der Waals surface area contributed by atoms with E-state index in [2.05, 4.69) is 0 Å². The maximum Gasteiger partial charge on any atom is 0.503 e. The predicted molar refractivity (Wildman–Crippen MR) is 62.5 cm³/mol. The second kappa shape index (κ2) is 6.56. The Bertz CT molecular complexity index is 216. The van der Waals surface area contributed by atoms with Gasteiger partial charge in [-0.25, -0.2) is 0 Å². The zero-order chi connectivity index (χ0) is 12.8. The lowest BCUT2D eigenvalue weighted by Gasteiger charge is -2.24. The van der Waals surface area contributed by atoms with Gasteiger partial charge in [0, 0.05) is 21.3 Å². The van der Waals surface area contributed by atoms with Crippen molar-refractivity contribution in [2.45, 2.75) is 24.8 Å². The minimum absolute atomic E-state index is 0.163. The van der Waals surface area contributed by atoms with E-state index in [4.69, 9.17) is 29.6 Å². The molecule has 0 atom stereocenters. The summed E-state index contributed by atoms with van der Waals surface area (Å²) in [4.78, 5) is 10.3. The highest BCUT2D eigenvalue weighted by Crippen LogP contribution is 2.17. The first kappa shape index (κ1) is 15.9. The van der Waals surface area contributed by atoms with Crippen molar-refractivity contribution in [1.29, 1.82) is 0 Å². The lowest BCUT2D eigenvalue weighted by atomic mass is 10.2. The maximum absolute atomic E-state index is 11.4. The van der Waals surface area contributed by atoms with E-state index in [1.807, 2.05) is 0 Å². The summed E-state index contributed by atoms with van der Waals surface area (Å²) in [5.74, 6) is -0.472. The molecule has 96 valence electrons. The fraction of sp³-hybridized carbons (Fsp3) is 0.889. The lowest BCUT2D eigenvalue weighted by Crippen LogP contribution is -2.44. The topological polar surface area (TPSA) is 54.0 Å². The van der Waals surface area contributed by atoms with Gasteiger partial charge in [-0.05, 0) is 13.8 Å². The van der Waals surface area contributed by atoms with E-state index in [0.29, 0.717) is 6.04 Å². The third-order valence-electron chi connectivity index (χ3n) is 2.06. The van der Waals surface area contributed by atoms with Crippen LogP contribution < -0.4 is 0 Å². The summed E-state index contributed by atoms with van der Waals surface area (Å²) in [6.07, 6.45) is 0. The van der Waals surface area contributed by atoms with Crippen molar-refractivity contribution >= 4 is 26.4 Å². The van der Waals surface area contributed by atoms with Gasteiger partial charge >= 0.3 is 14.8 Å². The molecule has 0 amide bonds. The van der Waals surface area contributed by atoms with Crippen molar-refractivity contribution < 1.29 is 22.8 Å². The summed E-state index contributed by atoms with van der Waals surface area (Å²) >= 11 is 5.78. The van der Waals surface area contributed by atoms with Crippen molar-refractivity contribution in [1.82, 2.24) is 0 Å². The molecule has 0 radical (unpaired) electrons. The summed E-state index contributed by atoms with van der Waals surface area (Å²) in [5, 5.41) is 0. The Morgan fingerprint density at radius 2 is 1.62 bits per heavy atom. The van der Waals surface area contributed by atoms with Crippen molar-refractivity contribution in [3.05, 3.63) is 0 Å². The van der Waals surface area contributed by atoms with Gasteiger partial charge in [0.25, 0.3) is 0 Å². The summed E-state index contributed by atoms with van der Waals surface area (Å²) in [6, 6.07) is 0.398. The summed E-state index contributed by atoms with van der Waals surface area (Å²) < 4.78 is 20.5. The van der Waals surface area contributed by atoms with E-state index >= 15 is 0 Å². The molecule has 0 aromatic rings. The Morgan fingerprint density at radius 1 is 1.19 bits per heavy atom. The van der Waals surface area contributed by atoms with Gasteiger partial charge in [-0.3, -0.25) is 4.79 Å². The molecule has 0 saturated heterocycles. The van der Waals surface area contributed by atoms with Crippen LogP contribution >= 0.6 is 11.6 Å². The van der Waals surface area contributed by atoms with Crippen LogP contribution in [0.15, 0.2) is 0 Å². The summed E-state index contributed by atoms with van der Waals surface area (Å²) in [5.41, 5.74) is 0. The van der Waals surface area contributed by atoms with Crippen molar-refractivity contribution in [2.75, 3.05) is 27.9 Å². The second-order valence-corrected chi connectivity index (χ2v) is 7.69. The van der Waals surface area contributed by atoms with Gasteiger partial charge in [0.1, 0.15) is 4.87 Å². The number of hydrogen-bond acceptors (Lipinski definition) is 5. The lowest BCUT2D eigenvalue weighted by molar-refractivity contribution is -0.145. The molecule has 0 unspecified atom stereocenters. The molecule has 0 bridgehead atoms. The Morgan fingerprint density at radius 3 is 1.94 bits per heavy atom. The number of carbonyl (C=O) groups is 1. The summed E-state index contributed by atoms with van der Waals surface area (Å²) in [6.45, 7) is 3.31. The molecule has 0 aliphatic rings. The molecule has 5 nitrogen and oxygen atoms in total. The van der Waals surface area contributed by atoms with E-state index in [9.17, 15) is 4.79 Å². The highest BCUT2D eigenvalue weighted by molar-refractivity contribution is 6.60. The number of carbonyl (C=O) groups excluding carboxylic acids is 1. The van der Waals surface area contributed by atoms with Gasteiger partial charge < -0.3 is 18.0 Å². The first-order valence-corrected chi connectivity index (χ1v) is 7.14. The van der Waals surface area contributed by atoms with Crippen molar-refractivity contribution in [3.8, 4) is 0 Å². The van der Waals surface area contributed by atoms with E-state index in [1.165, 1.54) is 21.3 Å². The standard InChI is InChI=1S/C9H19ClO5Si/c1-9(2,10)8(11)15-6-7-16(12-3,13-4)14-5/h6-7H2,1-5H3. The molecule has 0 aliphatic heterocycles. The van der Waals surface area contributed by atoms with Gasteiger partial charge in [-0.1, -0.05) is 0 Å². The molecule has 0 heterocycles. The monoisotopic (exact) mass is 270 g/mol. The van der Waals surface area contributed by atoms with Gasteiger partial charge in [-0.2, -0.15) is 0 Å². The highest BCUT2D eigenvalue weighted by Gasteiger charge is 2.38. The van der Waals surface area contributed by atoms with Crippen LogP contribution in [0.1, 0.15) is 13.8 Å². The largest absolute Gasteiger partial charge is 0.503 e. The number of rotatable bonds is 7. The number of hydrogen-bond donors (Lipinski definition) is 0. The zero-order valence-corrected chi connectivity index (χ0v) is 12.1. The normalized spacial score (nSPS) is 12.6. The van der Waals surface area contributed by atoms with Crippen LogP contribution in [0.5, 0.6) is 0 Å². The van der Waals surface area contributed by atoms with Crippen LogP contribution in [0.2, 0.25) is 6.04 Å². The minimum atomic E-state index is -2.66. The molecule has 7 heteroatoms. The number of alkyl halides is 1. The Hall–Kier alpha value is -0.143. The van der Waals surface area contributed by atoms with Crippen LogP contribution in [0, 0.1) is 0 Å². The van der Waals surface area contributed by atoms with E-state index < -0.39 is 19.6 Å². The average Bonchev–Trinajstić information content (AvgIpc) is 2.23. The van der Waals surface area contributed by atoms with Crippen LogP contribution in [0.3, 0.4) is 0 Å². The zero-order valence-electron chi connectivity index (χ0n) is 10.3. The summed E-state index contributed by atoms with van der Waals surface area (Å²) in [7, 11) is 1.86. The predicted octanol–water partition coefficient (Wildman–Crippen LogP) is 1.43. The number of halogens is 1. The molecule has 0 saturated carbocycles. The quantitative estimate of drug-likeness (QED) is 0.398. The van der Waals surface area contributed by atoms with Crippen LogP contribution in [0.25, 0.3) is 0 Å². The van der Waals surface area contributed by atoms with Gasteiger partial charge in [0.15, 0.2) is 0 Å². The minimum Gasteiger partial charge on any atom is -0.464 e. The highest BCUT2D eigenvalue weighted by atomic mass is 35.5. The van der Waals surface area contributed by atoms with Gasteiger partial charge in [0.05, 0.1) is 12.7 Å². The van der Waals surface area contributed by atoms with E-state index in [1.54, 1.807) is 13.8 Å². The van der Waals surface area contributed by atoms with Crippen LogP contribution in [-0.2, 0) is 22.8 Å². The maximum atomic E-state index is 11.4. The molecular formula is C9H19ClO5Si.